The van der Waals surface area contributed by atoms with Gasteiger partial charge in [-0.1, -0.05) is 33.8 Å². The van der Waals surface area contributed by atoms with Gasteiger partial charge in [-0.25, -0.2) is 0 Å². The molecule has 37 heavy (non-hydrogen) atoms. The van der Waals surface area contributed by atoms with Gasteiger partial charge >= 0.3 is 0 Å². The Kier molecular flexibility index (Phi) is 5.91. The molecular weight excluding hydrogens is 480 g/mol. The van der Waals surface area contributed by atoms with Crippen molar-refractivity contribution in [3.8, 4) is 5.75 Å². The summed E-state index contributed by atoms with van der Waals surface area (Å²) in [4.78, 5) is 40.9. The van der Waals surface area contributed by atoms with Gasteiger partial charge in [0, 0.05) is 17.1 Å². The molecule has 0 saturated heterocycles. The molecule has 1 aromatic rings. The summed E-state index contributed by atoms with van der Waals surface area (Å²) in [5.74, 6) is -8.83. The molecule has 0 heterocycles. The van der Waals surface area contributed by atoms with Crippen LogP contribution in [0.5, 0.6) is 5.75 Å². The number of benzene rings is 1. The third kappa shape index (κ3) is 3.32. The Balaban J connectivity index is 2.08. The molecule has 0 aliphatic heterocycles. The number of hydrogen-bond donors (Lipinski definition) is 6. The second kappa shape index (κ2) is 8.14. The number of phenols is 1. The van der Waals surface area contributed by atoms with Gasteiger partial charge in [-0.2, -0.15) is 0 Å². The maximum Gasteiger partial charge on any atom is 0.255 e. The van der Waals surface area contributed by atoms with Gasteiger partial charge in [0.05, 0.1) is 23.6 Å². The Morgan fingerprint density at radius 2 is 1.70 bits per heavy atom. The first-order chi connectivity index (χ1) is 16.9. The first kappa shape index (κ1) is 26.8. The van der Waals surface area contributed by atoms with Crippen LogP contribution in [-0.4, -0.2) is 79.7 Å². The Morgan fingerprint density at radius 1 is 1.14 bits per heavy atom. The van der Waals surface area contributed by atoms with E-state index in [2.05, 4.69) is 0 Å². The number of likely N-dealkylation sites (N-methyl/N-ethyl adjacent to an activating group) is 1. The molecule has 3 aliphatic rings. The highest BCUT2D eigenvalue weighted by Crippen LogP contribution is 2.56. The molecule has 3 aliphatic carbocycles. The number of ketones is 2. The lowest BCUT2D eigenvalue weighted by Crippen LogP contribution is -2.68. The van der Waals surface area contributed by atoms with E-state index < -0.39 is 81.1 Å². The van der Waals surface area contributed by atoms with Crippen molar-refractivity contribution >= 4 is 17.5 Å². The van der Waals surface area contributed by atoms with Crippen molar-refractivity contribution in [2.45, 2.75) is 63.7 Å². The highest BCUT2D eigenvalue weighted by molar-refractivity contribution is 6.25. The molecule has 0 unspecified atom stereocenters. The second-order valence-electron chi connectivity index (χ2n) is 11.7. The van der Waals surface area contributed by atoms with Crippen LogP contribution >= 0.6 is 0 Å². The summed E-state index contributed by atoms with van der Waals surface area (Å²) in [5, 5.41) is 56.9. The zero-order valence-electron chi connectivity index (χ0n) is 21.9. The molecule has 0 saturated carbocycles. The van der Waals surface area contributed by atoms with E-state index in [9.17, 15) is 39.9 Å². The number of fused-ring (bicyclic) bond motifs is 3. The number of carbonyl (C=O) groups is 3. The quantitative estimate of drug-likeness (QED) is 0.317. The number of carbonyl (C=O) groups excluding carboxylic acids is 3. The Morgan fingerprint density at radius 3 is 2.19 bits per heavy atom. The fourth-order valence-corrected chi connectivity index (χ4v) is 6.59. The topological polar surface area (TPSA) is 182 Å². The zero-order valence-corrected chi connectivity index (χ0v) is 21.9. The zero-order chi connectivity index (χ0) is 28.1. The predicted molar refractivity (Wildman–Crippen MR) is 133 cm³/mol. The van der Waals surface area contributed by atoms with E-state index >= 15 is 0 Å². The maximum atomic E-state index is 13.9. The van der Waals surface area contributed by atoms with E-state index in [4.69, 9.17) is 5.73 Å². The first-order valence-electron chi connectivity index (χ1n) is 12.1. The minimum absolute atomic E-state index is 0.0644. The fourth-order valence-electron chi connectivity index (χ4n) is 6.59. The van der Waals surface area contributed by atoms with E-state index in [1.165, 1.54) is 19.0 Å². The van der Waals surface area contributed by atoms with Crippen LogP contribution in [0.25, 0.3) is 0 Å². The summed E-state index contributed by atoms with van der Waals surface area (Å²) >= 11 is 0. The minimum Gasteiger partial charge on any atom is -0.510 e. The van der Waals surface area contributed by atoms with Gasteiger partial charge in [0.2, 0.25) is 5.78 Å². The van der Waals surface area contributed by atoms with Crippen molar-refractivity contribution < 1.29 is 39.9 Å². The van der Waals surface area contributed by atoms with E-state index in [0.29, 0.717) is 16.7 Å². The van der Waals surface area contributed by atoms with Crippen LogP contribution in [0.4, 0.5) is 0 Å². The van der Waals surface area contributed by atoms with E-state index in [1.807, 2.05) is 20.8 Å². The number of hydrogen-bond acceptors (Lipinski definition) is 9. The van der Waals surface area contributed by atoms with Gasteiger partial charge in [-0.3, -0.25) is 19.3 Å². The fraction of sp³-hybridized carbons (Fsp3) is 0.519. The average Bonchev–Trinajstić information content (AvgIpc) is 2.76. The third-order valence-electron chi connectivity index (χ3n) is 8.24. The molecule has 4 rings (SSSR count). The van der Waals surface area contributed by atoms with Crippen molar-refractivity contribution in [2.75, 3.05) is 14.1 Å². The normalized spacial score (nSPS) is 31.9. The van der Waals surface area contributed by atoms with Gasteiger partial charge in [0.25, 0.3) is 5.91 Å². The van der Waals surface area contributed by atoms with E-state index in [-0.39, 0.29) is 11.3 Å². The highest BCUT2D eigenvalue weighted by Gasteiger charge is 2.67. The molecule has 10 nitrogen and oxygen atoms in total. The molecule has 200 valence electrons. The van der Waals surface area contributed by atoms with Crippen LogP contribution in [0.3, 0.4) is 0 Å². The number of aryl methyl sites for hydroxylation is 1. The molecule has 10 heteroatoms. The summed E-state index contributed by atoms with van der Waals surface area (Å²) in [6, 6.07) is 0.503. The lowest BCUT2D eigenvalue weighted by molar-refractivity contribution is -0.162. The molecule has 1 aromatic carbocycles. The van der Waals surface area contributed by atoms with Crippen LogP contribution in [0, 0.1) is 18.8 Å². The van der Waals surface area contributed by atoms with Gasteiger partial charge in [-0.15, -0.1) is 0 Å². The Bertz CT molecular complexity index is 1320. The van der Waals surface area contributed by atoms with Crippen molar-refractivity contribution in [1.29, 1.82) is 0 Å². The number of aliphatic hydroxyl groups is 4. The van der Waals surface area contributed by atoms with Crippen molar-refractivity contribution in [3.05, 3.63) is 51.0 Å². The average molecular weight is 515 g/mol. The summed E-state index contributed by atoms with van der Waals surface area (Å²) in [7, 11) is 3.00. The summed E-state index contributed by atoms with van der Waals surface area (Å²) < 4.78 is 0. The lowest BCUT2D eigenvalue weighted by atomic mass is 9.54. The number of nitrogens with zero attached hydrogens (tertiary/aromatic N) is 1. The van der Waals surface area contributed by atoms with Gasteiger partial charge in [-0.05, 0) is 43.5 Å². The lowest BCUT2D eigenvalue weighted by Gasteiger charge is -2.53. The van der Waals surface area contributed by atoms with Crippen LogP contribution in [-0.2, 0) is 15.0 Å². The number of phenolic OH excluding ortho intramolecular Hbond substituents is 1. The summed E-state index contributed by atoms with van der Waals surface area (Å²) in [6.07, 6.45) is -1.61. The first-order valence-corrected chi connectivity index (χ1v) is 12.1. The number of Topliss-reactive ketones (excluding diaryl/α,β-unsaturated/α-hetero) is 2. The maximum absolute atomic E-state index is 13.9. The van der Waals surface area contributed by atoms with Crippen LogP contribution in [0.1, 0.15) is 60.7 Å². The highest BCUT2D eigenvalue weighted by atomic mass is 16.4. The number of amides is 1. The largest absolute Gasteiger partial charge is 0.510 e. The minimum atomic E-state index is -2.92. The molecule has 0 fully saturated rings. The van der Waals surface area contributed by atoms with E-state index in [1.54, 1.807) is 19.9 Å². The van der Waals surface area contributed by atoms with Crippen molar-refractivity contribution in [2.24, 2.45) is 17.6 Å². The third-order valence-corrected chi connectivity index (χ3v) is 8.24. The Hall–Kier alpha value is -3.21. The predicted octanol–water partition coefficient (Wildman–Crippen LogP) is 1.26. The number of primary amides is 1. The SMILES string of the molecule is Cc1cc(C(C)(C)C)c(O)c2c1[C@H](C)[C@@H]1C(=C(O)[C@]3(O)C(=O)C(C(N)=O)=C(O)[C@@H](N(C)C)[C@@H]3[C@H]1O)C2=O. The molecule has 0 bridgehead atoms. The molecule has 0 aromatic heterocycles. The molecule has 0 spiro atoms. The number of nitrogens with two attached hydrogens (primary N) is 1. The van der Waals surface area contributed by atoms with Gasteiger partial charge < -0.3 is 31.3 Å². The summed E-state index contributed by atoms with van der Waals surface area (Å²) in [6.45, 7) is 9.12. The van der Waals surface area contributed by atoms with Crippen LogP contribution in [0.2, 0.25) is 0 Å². The van der Waals surface area contributed by atoms with Crippen molar-refractivity contribution in [3.63, 3.8) is 0 Å². The van der Waals surface area contributed by atoms with Crippen LogP contribution < -0.4 is 5.73 Å². The van der Waals surface area contributed by atoms with E-state index in [0.717, 1.165) is 0 Å². The standard InChI is InChI=1S/C27H34N2O8/c1-9-8-11(26(3,4)5)19(30)14-12(9)10(2)13-15(20(14)31)23(34)27(37)17(21(13)32)18(29(6)7)22(33)16(24(27)35)25(28)36/h8,10,13,17-18,21,30,32-34,37H,1-7H3,(H2,28,36)/t10-,13+,17+,18-,21-,27-/m0/s1. The molecule has 0 radical (unpaired) electrons. The molecule has 6 atom stereocenters. The van der Waals surface area contributed by atoms with Crippen LogP contribution in [0.15, 0.2) is 28.7 Å². The van der Waals surface area contributed by atoms with Gasteiger partial charge in [0.15, 0.2) is 11.4 Å². The monoisotopic (exact) mass is 514 g/mol. The second-order valence-corrected chi connectivity index (χ2v) is 11.7. The Labute approximate surface area is 214 Å². The molecular formula is C27H34N2O8. The number of aliphatic hydroxyl groups excluding tert-OH is 3. The summed E-state index contributed by atoms with van der Waals surface area (Å²) in [5.41, 5.74) is 2.18. The number of rotatable bonds is 2. The number of aromatic hydroxyl groups is 1. The smallest absolute Gasteiger partial charge is 0.255 e. The van der Waals surface area contributed by atoms with Crippen molar-refractivity contribution in [1.82, 2.24) is 4.90 Å². The molecule has 1 amide bonds. The van der Waals surface area contributed by atoms with Gasteiger partial charge in [0.1, 0.15) is 22.8 Å². The molecule has 7 N–H and O–H groups in total.